The van der Waals surface area contributed by atoms with Crippen LogP contribution in [0.4, 0.5) is 5.69 Å². The predicted octanol–water partition coefficient (Wildman–Crippen LogP) is 1.02. The number of amides is 1. The van der Waals surface area contributed by atoms with E-state index in [1.165, 1.54) is 6.07 Å². The number of benzene rings is 1. The van der Waals surface area contributed by atoms with Crippen LogP contribution in [-0.4, -0.2) is 44.5 Å². The largest absolute Gasteiger partial charge is 0.465 e. The molecule has 132 valence electrons. The zero-order valence-electron chi connectivity index (χ0n) is 13.7. The van der Waals surface area contributed by atoms with Crippen LogP contribution in [0.1, 0.15) is 46.4 Å². The molecule has 11 nitrogen and oxygen atoms in total. The first-order valence-electron chi connectivity index (χ1n) is 7.25. The van der Waals surface area contributed by atoms with Crippen molar-refractivity contribution in [2.45, 2.75) is 19.9 Å². The van der Waals surface area contributed by atoms with E-state index in [-0.39, 0.29) is 22.9 Å². The van der Waals surface area contributed by atoms with E-state index in [2.05, 4.69) is 30.7 Å². The molecule has 2 N–H and O–H groups in total. The third-order valence-electron chi connectivity index (χ3n) is 3.41. The molecule has 2 aromatic rings. The SMILES string of the molecule is COC(=O)c1cc(C(=O)N[C@@H](c2nn[nH]n2)C(C)C)cc([N+](=O)[O-])c1. The van der Waals surface area contributed by atoms with Gasteiger partial charge in [0.05, 0.1) is 23.6 Å². The Labute approximate surface area is 141 Å². The molecule has 0 fully saturated rings. The van der Waals surface area contributed by atoms with Crippen LogP contribution in [-0.2, 0) is 4.74 Å². The molecule has 25 heavy (non-hydrogen) atoms. The molecule has 0 aliphatic carbocycles. The van der Waals surface area contributed by atoms with Gasteiger partial charge in [-0.15, -0.1) is 10.2 Å². The van der Waals surface area contributed by atoms with Crippen LogP contribution in [0.15, 0.2) is 18.2 Å². The lowest BCUT2D eigenvalue weighted by atomic mass is 10.0. The smallest absolute Gasteiger partial charge is 0.338 e. The fourth-order valence-electron chi connectivity index (χ4n) is 2.14. The van der Waals surface area contributed by atoms with Crippen LogP contribution in [0.3, 0.4) is 0 Å². The van der Waals surface area contributed by atoms with E-state index in [0.717, 1.165) is 19.2 Å². The maximum Gasteiger partial charge on any atom is 0.338 e. The van der Waals surface area contributed by atoms with E-state index in [1.54, 1.807) is 0 Å². The zero-order valence-corrected chi connectivity index (χ0v) is 13.7. The highest BCUT2D eigenvalue weighted by atomic mass is 16.6. The van der Waals surface area contributed by atoms with Crippen molar-refractivity contribution < 1.29 is 19.2 Å². The first-order chi connectivity index (χ1) is 11.8. The van der Waals surface area contributed by atoms with Crippen molar-refractivity contribution in [1.82, 2.24) is 25.9 Å². The molecule has 1 aromatic carbocycles. The normalized spacial score (nSPS) is 11.8. The fraction of sp³-hybridized carbons (Fsp3) is 0.357. The highest BCUT2D eigenvalue weighted by Crippen LogP contribution is 2.21. The van der Waals surface area contributed by atoms with Crippen LogP contribution in [0, 0.1) is 16.0 Å². The van der Waals surface area contributed by atoms with Crippen molar-refractivity contribution >= 4 is 17.6 Å². The molecule has 11 heteroatoms. The second kappa shape index (κ2) is 7.47. The third-order valence-corrected chi connectivity index (χ3v) is 3.41. The number of aromatic nitrogens is 4. The molecular weight excluding hydrogens is 332 g/mol. The van der Waals surface area contributed by atoms with Crippen LogP contribution >= 0.6 is 0 Å². The van der Waals surface area contributed by atoms with Gasteiger partial charge in [-0.1, -0.05) is 19.1 Å². The van der Waals surface area contributed by atoms with Crippen LogP contribution in [0.5, 0.6) is 0 Å². The van der Waals surface area contributed by atoms with Gasteiger partial charge < -0.3 is 10.1 Å². The van der Waals surface area contributed by atoms with E-state index in [0.29, 0.717) is 0 Å². The minimum absolute atomic E-state index is 0.0521. The fourth-order valence-corrected chi connectivity index (χ4v) is 2.14. The minimum Gasteiger partial charge on any atom is -0.465 e. The third kappa shape index (κ3) is 4.13. The number of non-ortho nitro benzene ring substituents is 1. The zero-order chi connectivity index (χ0) is 18.6. The summed E-state index contributed by atoms with van der Waals surface area (Å²) in [7, 11) is 1.14. The molecule has 0 unspecified atom stereocenters. The number of esters is 1. The Morgan fingerprint density at radius 1 is 1.28 bits per heavy atom. The molecule has 2 rings (SSSR count). The number of H-pyrrole nitrogens is 1. The van der Waals surface area contributed by atoms with Gasteiger partial charge in [0, 0.05) is 17.7 Å². The molecule has 0 aliphatic rings. The number of hydrogen-bond acceptors (Lipinski definition) is 8. The number of hydrogen-bond donors (Lipinski definition) is 2. The van der Waals surface area contributed by atoms with Gasteiger partial charge in [-0.2, -0.15) is 5.21 Å². The summed E-state index contributed by atoms with van der Waals surface area (Å²) in [6.07, 6.45) is 0. The average Bonchev–Trinajstić information content (AvgIpc) is 3.12. The summed E-state index contributed by atoms with van der Waals surface area (Å²) in [6.45, 7) is 3.68. The number of nitrogens with one attached hydrogen (secondary N) is 2. The van der Waals surface area contributed by atoms with Crippen molar-refractivity contribution in [3.8, 4) is 0 Å². The topological polar surface area (TPSA) is 153 Å². The molecule has 0 bridgehead atoms. The molecule has 1 atom stereocenters. The van der Waals surface area contributed by atoms with E-state index in [9.17, 15) is 19.7 Å². The van der Waals surface area contributed by atoms with E-state index in [4.69, 9.17) is 0 Å². The highest BCUT2D eigenvalue weighted by molar-refractivity contribution is 5.99. The Bertz CT molecular complexity index is 789. The van der Waals surface area contributed by atoms with E-state index < -0.39 is 28.5 Å². The van der Waals surface area contributed by atoms with Gasteiger partial charge in [0.1, 0.15) is 0 Å². The second-order valence-electron chi connectivity index (χ2n) is 5.48. The summed E-state index contributed by atoms with van der Waals surface area (Å²) in [4.78, 5) is 34.5. The summed E-state index contributed by atoms with van der Waals surface area (Å²) in [5.74, 6) is -1.18. The molecule has 1 heterocycles. The number of nitrogens with zero attached hydrogens (tertiary/aromatic N) is 4. The standard InChI is InChI=1S/C14H16N6O5/c1-7(2)11(12-16-18-19-17-12)15-13(21)8-4-9(14(22)25-3)6-10(5-8)20(23)24/h4-7,11H,1-3H3,(H,15,21)(H,16,17,18,19)/t11-/m1/s1. The van der Waals surface area contributed by atoms with Crippen molar-refractivity contribution in [3.05, 3.63) is 45.3 Å². The van der Waals surface area contributed by atoms with Gasteiger partial charge in [0.15, 0.2) is 5.82 Å². The lowest BCUT2D eigenvalue weighted by molar-refractivity contribution is -0.384. The van der Waals surface area contributed by atoms with Gasteiger partial charge in [-0.3, -0.25) is 14.9 Å². The number of carbonyl (C=O) groups excluding carboxylic acids is 2. The molecule has 0 saturated heterocycles. The average molecular weight is 348 g/mol. The molecular formula is C14H16N6O5. The Hall–Kier alpha value is -3.37. The van der Waals surface area contributed by atoms with Crippen molar-refractivity contribution in [1.29, 1.82) is 0 Å². The maximum absolute atomic E-state index is 12.5. The second-order valence-corrected chi connectivity index (χ2v) is 5.48. The van der Waals surface area contributed by atoms with Crippen LogP contribution < -0.4 is 5.32 Å². The Morgan fingerprint density at radius 2 is 1.96 bits per heavy atom. The Kier molecular flexibility index (Phi) is 5.37. The summed E-state index contributed by atoms with van der Waals surface area (Å²) in [5, 5.41) is 27.2. The lowest BCUT2D eigenvalue weighted by Crippen LogP contribution is -2.32. The number of nitro benzene ring substituents is 1. The Morgan fingerprint density at radius 3 is 2.48 bits per heavy atom. The van der Waals surface area contributed by atoms with E-state index in [1.807, 2.05) is 13.8 Å². The molecule has 1 aromatic heterocycles. The number of aromatic amines is 1. The lowest BCUT2D eigenvalue weighted by Gasteiger charge is -2.19. The van der Waals surface area contributed by atoms with Gasteiger partial charge in [0.25, 0.3) is 11.6 Å². The molecule has 1 amide bonds. The first kappa shape index (κ1) is 18.0. The number of tetrazole rings is 1. The van der Waals surface area contributed by atoms with Gasteiger partial charge >= 0.3 is 5.97 Å². The summed E-state index contributed by atoms with van der Waals surface area (Å²) >= 11 is 0. The van der Waals surface area contributed by atoms with Crippen LogP contribution in [0.25, 0.3) is 0 Å². The molecule has 0 spiro atoms. The number of methoxy groups -OCH3 is 1. The van der Waals surface area contributed by atoms with Crippen molar-refractivity contribution in [2.24, 2.45) is 5.92 Å². The number of carbonyl (C=O) groups is 2. The molecule has 0 saturated carbocycles. The summed E-state index contributed by atoms with van der Waals surface area (Å²) in [6, 6.07) is 2.78. The molecule has 0 radical (unpaired) electrons. The highest BCUT2D eigenvalue weighted by Gasteiger charge is 2.25. The number of nitro groups is 1. The number of rotatable bonds is 6. The number of ether oxygens (including phenoxy) is 1. The van der Waals surface area contributed by atoms with E-state index >= 15 is 0 Å². The quantitative estimate of drug-likeness (QED) is 0.445. The van der Waals surface area contributed by atoms with Gasteiger partial charge in [0.2, 0.25) is 0 Å². The monoisotopic (exact) mass is 348 g/mol. The maximum atomic E-state index is 12.5. The van der Waals surface area contributed by atoms with Crippen LogP contribution in [0.2, 0.25) is 0 Å². The van der Waals surface area contributed by atoms with Crippen molar-refractivity contribution in [2.75, 3.05) is 7.11 Å². The summed E-state index contributed by atoms with van der Waals surface area (Å²) in [5.41, 5.74) is -0.542. The molecule has 0 aliphatic heterocycles. The van der Waals surface area contributed by atoms with Gasteiger partial charge in [-0.05, 0) is 12.0 Å². The summed E-state index contributed by atoms with van der Waals surface area (Å²) < 4.78 is 4.56. The minimum atomic E-state index is -0.781. The predicted molar refractivity (Wildman–Crippen MR) is 83.7 cm³/mol. The first-order valence-corrected chi connectivity index (χ1v) is 7.25. The van der Waals surface area contributed by atoms with Crippen molar-refractivity contribution in [3.63, 3.8) is 0 Å². The Balaban J connectivity index is 2.35. The van der Waals surface area contributed by atoms with Gasteiger partial charge in [-0.25, -0.2) is 4.79 Å².